The lowest BCUT2D eigenvalue weighted by molar-refractivity contribution is -0.125. The maximum Gasteiger partial charge on any atom is 0.226 e. The van der Waals surface area contributed by atoms with Gasteiger partial charge in [-0.1, -0.05) is 0 Å². The number of rotatable bonds is 8. The van der Waals surface area contributed by atoms with E-state index in [0.717, 1.165) is 73.0 Å². The number of ether oxygens (including phenoxy) is 1. The first-order valence-corrected chi connectivity index (χ1v) is 11.5. The largest absolute Gasteiger partial charge is 0.494 e. The number of anilines is 1. The number of hydrogen-bond donors (Lipinski definition) is 1. The number of carbonyl (C=O) groups is 1. The molecule has 2 aromatic heterocycles. The molecule has 0 atom stereocenters. The smallest absolute Gasteiger partial charge is 0.226 e. The summed E-state index contributed by atoms with van der Waals surface area (Å²) in [5, 5.41) is 4.12. The Morgan fingerprint density at radius 3 is 2.75 bits per heavy atom. The zero-order chi connectivity index (χ0) is 22.5. The van der Waals surface area contributed by atoms with E-state index in [9.17, 15) is 4.79 Å². The number of benzene rings is 1. The quantitative estimate of drug-likeness (QED) is 0.546. The number of piperidine rings is 1. The average Bonchev–Trinajstić information content (AvgIpc) is 3.21. The molecule has 1 N–H and O–H groups in total. The Kier molecular flexibility index (Phi) is 6.87. The van der Waals surface area contributed by atoms with E-state index in [-0.39, 0.29) is 11.8 Å². The van der Waals surface area contributed by atoms with Crippen molar-refractivity contribution in [1.82, 2.24) is 24.8 Å². The average molecular weight is 437 g/mol. The summed E-state index contributed by atoms with van der Waals surface area (Å²) < 4.78 is 7.71. The van der Waals surface area contributed by atoms with E-state index in [1.165, 1.54) is 0 Å². The molecule has 8 heteroatoms. The predicted molar refractivity (Wildman–Crippen MR) is 125 cm³/mol. The van der Waals surface area contributed by atoms with Gasteiger partial charge in [0.15, 0.2) is 0 Å². The van der Waals surface area contributed by atoms with Crippen LogP contribution in [0.25, 0.3) is 10.9 Å². The summed E-state index contributed by atoms with van der Waals surface area (Å²) in [6, 6.07) is 5.94. The zero-order valence-corrected chi connectivity index (χ0v) is 19.2. The van der Waals surface area contributed by atoms with Crippen LogP contribution in [0.1, 0.15) is 37.7 Å². The Hall–Kier alpha value is -3.16. The molecule has 1 aliphatic rings. The molecule has 1 aliphatic heterocycles. The van der Waals surface area contributed by atoms with E-state index in [1.54, 1.807) is 6.20 Å². The van der Waals surface area contributed by atoms with Gasteiger partial charge in [0, 0.05) is 49.9 Å². The van der Waals surface area contributed by atoms with Crippen LogP contribution in [0, 0.1) is 19.8 Å². The van der Waals surface area contributed by atoms with Crippen molar-refractivity contribution in [3.63, 3.8) is 0 Å². The van der Waals surface area contributed by atoms with Crippen LogP contribution in [-0.4, -0.2) is 51.7 Å². The molecule has 3 aromatic rings. The van der Waals surface area contributed by atoms with E-state index in [1.807, 2.05) is 45.2 Å². The number of aromatic nitrogens is 4. The highest BCUT2D eigenvalue weighted by Crippen LogP contribution is 2.26. The van der Waals surface area contributed by atoms with Crippen LogP contribution in [0.2, 0.25) is 0 Å². The van der Waals surface area contributed by atoms with Crippen molar-refractivity contribution < 1.29 is 9.53 Å². The number of carbonyl (C=O) groups excluding carboxylic acids is 1. The maximum absolute atomic E-state index is 12.6. The molecule has 3 heterocycles. The molecule has 1 saturated heterocycles. The fraction of sp³-hybridized carbons (Fsp3) is 0.500. The fourth-order valence-corrected chi connectivity index (χ4v) is 4.23. The molecular weight excluding hydrogens is 404 g/mol. The first-order valence-electron chi connectivity index (χ1n) is 11.5. The summed E-state index contributed by atoms with van der Waals surface area (Å²) in [6.45, 7) is 9.74. The van der Waals surface area contributed by atoms with Crippen LogP contribution >= 0.6 is 0 Å². The highest BCUT2D eigenvalue weighted by atomic mass is 16.5. The van der Waals surface area contributed by atoms with Gasteiger partial charge in [0.05, 0.1) is 17.8 Å². The van der Waals surface area contributed by atoms with Crippen molar-refractivity contribution in [3.05, 3.63) is 42.1 Å². The van der Waals surface area contributed by atoms with Crippen LogP contribution < -0.4 is 15.0 Å². The molecule has 4 rings (SSSR count). The van der Waals surface area contributed by atoms with Gasteiger partial charge >= 0.3 is 0 Å². The van der Waals surface area contributed by atoms with Gasteiger partial charge in [0.2, 0.25) is 11.9 Å². The lowest BCUT2D eigenvalue weighted by atomic mass is 9.96. The minimum Gasteiger partial charge on any atom is -0.494 e. The van der Waals surface area contributed by atoms with E-state index < -0.39 is 0 Å². The molecular formula is C24H32N6O2. The first kappa shape index (κ1) is 22.0. The van der Waals surface area contributed by atoms with Crippen LogP contribution in [0.15, 0.2) is 30.6 Å². The molecule has 0 saturated carbocycles. The van der Waals surface area contributed by atoms with Crippen molar-refractivity contribution in [2.75, 3.05) is 31.1 Å². The van der Waals surface area contributed by atoms with Crippen molar-refractivity contribution >= 4 is 22.8 Å². The highest BCUT2D eigenvalue weighted by molar-refractivity contribution is 5.83. The Bertz CT molecular complexity index is 1070. The van der Waals surface area contributed by atoms with E-state index in [0.29, 0.717) is 13.2 Å². The summed E-state index contributed by atoms with van der Waals surface area (Å²) >= 11 is 0. The molecule has 0 spiro atoms. The van der Waals surface area contributed by atoms with Gasteiger partial charge in [0.1, 0.15) is 11.6 Å². The van der Waals surface area contributed by atoms with Gasteiger partial charge < -0.3 is 19.5 Å². The highest BCUT2D eigenvalue weighted by Gasteiger charge is 2.26. The number of nitrogens with zero attached hydrogens (tertiary/aromatic N) is 5. The number of aryl methyl sites for hydroxylation is 3. The number of amides is 1. The second kappa shape index (κ2) is 9.97. The third-order valence-corrected chi connectivity index (χ3v) is 6.10. The van der Waals surface area contributed by atoms with E-state index in [2.05, 4.69) is 19.8 Å². The van der Waals surface area contributed by atoms with Gasteiger partial charge in [-0.25, -0.2) is 15.0 Å². The van der Waals surface area contributed by atoms with Gasteiger partial charge in [0.25, 0.3) is 0 Å². The minimum atomic E-state index is 0.0523. The summed E-state index contributed by atoms with van der Waals surface area (Å²) in [5.74, 6) is 2.80. The van der Waals surface area contributed by atoms with Crippen LogP contribution in [0.5, 0.6) is 5.75 Å². The normalized spacial score (nSPS) is 14.7. The third-order valence-electron chi connectivity index (χ3n) is 6.10. The monoisotopic (exact) mass is 436 g/mol. The van der Waals surface area contributed by atoms with Crippen molar-refractivity contribution in [2.24, 2.45) is 5.92 Å². The number of hydrogen-bond acceptors (Lipinski definition) is 6. The zero-order valence-electron chi connectivity index (χ0n) is 19.2. The van der Waals surface area contributed by atoms with E-state index >= 15 is 0 Å². The van der Waals surface area contributed by atoms with Gasteiger partial charge in [-0.15, -0.1) is 0 Å². The van der Waals surface area contributed by atoms with E-state index in [4.69, 9.17) is 14.7 Å². The number of imidazole rings is 1. The van der Waals surface area contributed by atoms with Crippen molar-refractivity contribution in [1.29, 1.82) is 0 Å². The Balaban J connectivity index is 1.29. The first-order chi connectivity index (χ1) is 15.5. The van der Waals surface area contributed by atoms with Gasteiger partial charge in [-0.3, -0.25) is 4.79 Å². The molecule has 0 bridgehead atoms. The molecule has 0 aliphatic carbocycles. The summed E-state index contributed by atoms with van der Waals surface area (Å²) in [6.07, 6.45) is 6.31. The lowest BCUT2D eigenvalue weighted by Gasteiger charge is -2.31. The topological polar surface area (TPSA) is 85.2 Å². The van der Waals surface area contributed by atoms with Crippen LogP contribution in [0.4, 0.5) is 5.95 Å². The van der Waals surface area contributed by atoms with Crippen LogP contribution in [0.3, 0.4) is 0 Å². The molecule has 170 valence electrons. The molecule has 1 amide bonds. The Labute approximate surface area is 189 Å². The molecule has 0 radical (unpaired) electrons. The van der Waals surface area contributed by atoms with Gasteiger partial charge in [-0.05, 0) is 58.2 Å². The molecule has 8 nitrogen and oxygen atoms in total. The third kappa shape index (κ3) is 5.00. The predicted octanol–water partition coefficient (Wildman–Crippen LogP) is 3.26. The van der Waals surface area contributed by atoms with Crippen molar-refractivity contribution in [2.45, 2.75) is 46.6 Å². The second-order valence-corrected chi connectivity index (χ2v) is 8.29. The summed E-state index contributed by atoms with van der Waals surface area (Å²) in [4.78, 5) is 28.5. The van der Waals surface area contributed by atoms with Crippen molar-refractivity contribution in [3.8, 4) is 5.75 Å². The number of nitrogens with one attached hydrogen (secondary N) is 1. The van der Waals surface area contributed by atoms with Crippen LogP contribution in [-0.2, 0) is 11.3 Å². The second-order valence-electron chi connectivity index (χ2n) is 8.29. The Morgan fingerprint density at radius 2 is 2.03 bits per heavy atom. The Morgan fingerprint density at radius 1 is 1.22 bits per heavy atom. The molecule has 1 fully saturated rings. The SMILES string of the molecule is CCOc1ccc2nc(N3CCC(C(=O)NCCCn4ccnc4C)CC3)nc(C)c2c1. The molecule has 32 heavy (non-hydrogen) atoms. The van der Waals surface area contributed by atoms with Gasteiger partial charge in [-0.2, -0.15) is 0 Å². The fourth-order valence-electron chi connectivity index (χ4n) is 4.23. The molecule has 1 aromatic carbocycles. The number of fused-ring (bicyclic) bond motifs is 1. The lowest BCUT2D eigenvalue weighted by Crippen LogP contribution is -2.41. The summed E-state index contributed by atoms with van der Waals surface area (Å²) in [5.41, 5.74) is 1.86. The standard InChI is InChI=1S/C24H32N6O2/c1-4-32-20-6-7-22-21(16-20)17(2)27-24(28-22)30-13-8-19(9-14-30)23(31)26-10-5-12-29-15-11-25-18(29)3/h6-7,11,15-16,19H,4-5,8-10,12-14H2,1-3H3,(H,26,31). The maximum atomic E-state index is 12.6. The minimum absolute atomic E-state index is 0.0523. The molecule has 0 unspecified atom stereocenters. The summed E-state index contributed by atoms with van der Waals surface area (Å²) in [7, 11) is 0.